The standard InChI is InChI=1S/C10H7FN2OS2/c1-6-12-13-10(15-6)16-9-3-7(5-14)2-8(11)4-9/h2-5H,1H3. The largest absolute Gasteiger partial charge is 0.298 e. The minimum atomic E-state index is -0.423. The van der Waals surface area contributed by atoms with Crippen LogP contribution in [0.5, 0.6) is 0 Å². The fourth-order valence-electron chi connectivity index (χ4n) is 1.13. The number of aryl methyl sites for hydroxylation is 1. The highest BCUT2D eigenvalue weighted by Gasteiger charge is 2.06. The van der Waals surface area contributed by atoms with E-state index in [4.69, 9.17) is 0 Å². The Bertz CT molecular complexity index is 527. The molecule has 1 aromatic carbocycles. The summed E-state index contributed by atoms with van der Waals surface area (Å²) < 4.78 is 13.9. The van der Waals surface area contributed by atoms with Crippen molar-refractivity contribution in [3.8, 4) is 0 Å². The van der Waals surface area contributed by atoms with Gasteiger partial charge in [-0.25, -0.2) is 4.39 Å². The van der Waals surface area contributed by atoms with E-state index in [1.54, 1.807) is 6.07 Å². The molecule has 0 amide bonds. The van der Waals surface area contributed by atoms with Crippen LogP contribution in [0.15, 0.2) is 27.4 Å². The lowest BCUT2D eigenvalue weighted by Crippen LogP contribution is -1.84. The molecule has 0 aliphatic rings. The van der Waals surface area contributed by atoms with Gasteiger partial charge in [-0.1, -0.05) is 23.1 Å². The molecule has 0 atom stereocenters. The Morgan fingerprint density at radius 2 is 2.19 bits per heavy atom. The maximum atomic E-state index is 13.1. The Morgan fingerprint density at radius 1 is 1.38 bits per heavy atom. The van der Waals surface area contributed by atoms with Crippen molar-refractivity contribution in [1.82, 2.24) is 10.2 Å². The number of aromatic nitrogens is 2. The zero-order chi connectivity index (χ0) is 11.5. The Kier molecular flexibility index (Phi) is 3.31. The zero-order valence-corrected chi connectivity index (χ0v) is 9.94. The van der Waals surface area contributed by atoms with Gasteiger partial charge in [0.05, 0.1) is 0 Å². The van der Waals surface area contributed by atoms with Gasteiger partial charge in [0.1, 0.15) is 17.1 Å². The van der Waals surface area contributed by atoms with E-state index >= 15 is 0 Å². The molecule has 82 valence electrons. The van der Waals surface area contributed by atoms with Crippen molar-refractivity contribution in [2.24, 2.45) is 0 Å². The van der Waals surface area contributed by atoms with Crippen LogP contribution in [0.3, 0.4) is 0 Å². The first-order chi connectivity index (χ1) is 7.67. The molecule has 2 rings (SSSR count). The fraction of sp³-hybridized carbons (Fsp3) is 0.100. The first-order valence-electron chi connectivity index (χ1n) is 4.41. The molecule has 0 N–H and O–H groups in total. The molecule has 6 heteroatoms. The summed E-state index contributed by atoms with van der Waals surface area (Å²) in [6, 6.07) is 4.19. The predicted molar refractivity (Wildman–Crippen MR) is 60.6 cm³/mol. The van der Waals surface area contributed by atoms with Crippen molar-refractivity contribution in [2.45, 2.75) is 16.2 Å². The predicted octanol–water partition coefficient (Wildman–Crippen LogP) is 2.95. The number of rotatable bonds is 3. The van der Waals surface area contributed by atoms with E-state index in [-0.39, 0.29) is 0 Å². The first kappa shape index (κ1) is 11.2. The summed E-state index contributed by atoms with van der Waals surface area (Å²) in [6.45, 7) is 1.85. The quantitative estimate of drug-likeness (QED) is 0.790. The van der Waals surface area contributed by atoms with Crippen molar-refractivity contribution < 1.29 is 9.18 Å². The summed E-state index contributed by atoms with van der Waals surface area (Å²) in [5, 5.41) is 8.64. The number of halogens is 1. The second-order valence-corrected chi connectivity index (χ2v) is 5.53. The van der Waals surface area contributed by atoms with Crippen LogP contribution in [-0.4, -0.2) is 16.5 Å². The van der Waals surface area contributed by atoms with Gasteiger partial charge in [-0.3, -0.25) is 4.79 Å². The normalized spacial score (nSPS) is 10.4. The van der Waals surface area contributed by atoms with Crippen LogP contribution in [-0.2, 0) is 0 Å². The van der Waals surface area contributed by atoms with Crippen LogP contribution in [0, 0.1) is 12.7 Å². The highest BCUT2D eigenvalue weighted by atomic mass is 32.2. The van der Waals surface area contributed by atoms with Crippen LogP contribution >= 0.6 is 23.1 Å². The Morgan fingerprint density at radius 3 is 2.81 bits per heavy atom. The van der Waals surface area contributed by atoms with Gasteiger partial charge in [0, 0.05) is 10.5 Å². The summed E-state index contributed by atoms with van der Waals surface area (Å²) in [5.41, 5.74) is 0.323. The zero-order valence-electron chi connectivity index (χ0n) is 8.31. The lowest BCUT2D eigenvalue weighted by Gasteiger charge is -1.98. The lowest BCUT2D eigenvalue weighted by atomic mass is 10.2. The van der Waals surface area contributed by atoms with Crippen molar-refractivity contribution in [3.05, 3.63) is 34.6 Å². The molecular formula is C10H7FN2OS2. The number of hydrogen-bond acceptors (Lipinski definition) is 5. The third kappa shape index (κ3) is 2.65. The van der Waals surface area contributed by atoms with Crippen LogP contribution in [0.1, 0.15) is 15.4 Å². The van der Waals surface area contributed by atoms with Gasteiger partial charge < -0.3 is 0 Å². The smallest absolute Gasteiger partial charge is 0.179 e. The van der Waals surface area contributed by atoms with Crippen LogP contribution in [0.4, 0.5) is 4.39 Å². The average molecular weight is 254 g/mol. The summed E-state index contributed by atoms with van der Waals surface area (Å²) in [6.07, 6.45) is 0.624. The van der Waals surface area contributed by atoms with Crippen LogP contribution < -0.4 is 0 Å². The lowest BCUT2D eigenvalue weighted by molar-refractivity contribution is 0.112. The van der Waals surface area contributed by atoms with E-state index in [9.17, 15) is 9.18 Å². The van der Waals surface area contributed by atoms with Gasteiger partial charge in [-0.15, -0.1) is 10.2 Å². The number of carbonyl (C=O) groups is 1. The SMILES string of the molecule is Cc1nnc(Sc2cc(F)cc(C=O)c2)s1. The molecule has 16 heavy (non-hydrogen) atoms. The maximum absolute atomic E-state index is 13.1. The molecule has 0 saturated carbocycles. The Balaban J connectivity index is 2.27. The van der Waals surface area contributed by atoms with Gasteiger partial charge >= 0.3 is 0 Å². The highest BCUT2D eigenvalue weighted by Crippen LogP contribution is 2.30. The van der Waals surface area contributed by atoms with Gasteiger partial charge in [0.2, 0.25) is 0 Å². The Hall–Kier alpha value is -1.27. The summed E-state index contributed by atoms with van der Waals surface area (Å²) in [4.78, 5) is 11.2. The van der Waals surface area contributed by atoms with E-state index in [0.717, 1.165) is 9.35 Å². The van der Waals surface area contributed by atoms with Crippen molar-refractivity contribution in [1.29, 1.82) is 0 Å². The molecule has 0 saturated heterocycles. The minimum Gasteiger partial charge on any atom is -0.298 e. The van der Waals surface area contributed by atoms with Crippen molar-refractivity contribution in [2.75, 3.05) is 0 Å². The summed E-state index contributed by atoms with van der Waals surface area (Å²) in [7, 11) is 0. The van der Waals surface area contributed by atoms with Gasteiger partial charge in [0.15, 0.2) is 4.34 Å². The second kappa shape index (κ2) is 4.71. The van der Waals surface area contributed by atoms with Crippen LogP contribution in [0.25, 0.3) is 0 Å². The monoisotopic (exact) mass is 254 g/mol. The molecule has 0 spiro atoms. The van der Waals surface area contributed by atoms with E-state index < -0.39 is 5.82 Å². The van der Waals surface area contributed by atoms with E-state index in [0.29, 0.717) is 16.7 Å². The number of carbonyl (C=O) groups excluding carboxylic acids is 1. The summed E-state index contributed by atoms with van der Waals surface area (Å²) in [5.74, 6) is -0.423. The molecule has 0 aliphatic carbocycles. The Labute approximate surface area is 99.7 Å². The highest BCUT2D eigenvalue weighted by molar-refractivity contribution is 8.01. The molecule has 0 fully saturated rings. The van der Waals surface area contributed by atoms with E-state index in [1.807, 2.05) is 6.92 Å². The number of nitrogens with zero attached hydrogens (tertiary/aromatic N) is 2. The van der Waals surface area contributed by atoms with Crippen molar-refractivity contribution in [3.63, 3.8) is 0 Å². The third-order valence-electron chi connectivity index (χ3n) is 1.74. The third-order valence-corrected chi connectivity index (χ3v) is 3.60. The topological polar surface area (TPSA) is 42.9 Å². The van der Waals surface area contributed by atoms with Crippen LogP contribution in [0.2, 0.25) is 0 Å². The van der Waals surface area contributed by atoms with Gasteiger partial charge in [0.25, 0.3) is 0 Å². The molecule has 1 heterocycles. The summed E-state index contributed by atoms with van der Waals surface area (Å²) >= 11 is 2.73. The number of benzene rings is 1. The van der Waals surface area contributed by atoms with E-state index in [1.165, 1.54) is 35.2 Å². The van der Waals surface area contributed by atoms with Gasteiger partial charge in [-0.2, -0.15) is 0 Å². The molecule has 0 radical (unpaired) electrons. The average Bonchev–Trinajstić information content (AvgIpc) is 2.63. The van der Waals surface area contributed by atoms with E-state index in [2.05, 4.69) is 10.2 Å². The number of hydrogen-bond donors (Lipinski definition) is 0. The molecular weight excluding hydrogens is 247 g/mol. The molecule has 0 unspecified atom stereocenters. The molecule has 3 nitrogen and oxygen atoms in total. The minimum absolute atomic E-state index is 0.323. The molecule has 1 aromatic heterocycles. The number of aldehydes is 1. The van der Waals surface area contributed by atoms with Gasteiger partial charge in [-0.05, 0) is 25.1 Å². The fourth-order valence-corrected chi connectivity index (χ4v) is 3.01. The van der Waals surface area contributed by atoms with Crippen molar-refractivity contribution >= 4 is 29.4 Å². The second-order valence-electron chi connectivity index (χ2n) is 3.03. The molecule has 0 aliphatic heterocycles. The molecule has 0 bridgehead atoms. The first-order valence-corrected chi connectivity index (χ1v) is 6.04. The molecule has 2 aromatic rings. The maximum Gasteiger partial charge on any atom is 0.179 e.